The number of rotatable bonds is 7. The number of aliphatic carboxylic acids is 1. The van der Waals surface area contributed by atoms with E-state index in [4.69, 9.17) is 4.74 Å². The molecule has 0 saturated carbocycles. The quantitative estimate of drug-likeness (QED) is 0.638. The van der Waals surface area contributed by atoms with Crippen LogP contribution in [0.15, 0.2) is 48.5 Å². The number of likely N-dealkylation sites (tertiary alicyclic amines) is 1. The average Bonchev–Trinajstić information content (AvgIpc) is 3.15. The number of nitrogens with zero attached hydrogens (tertiary/aromatic N) is 1. The fourth-order valence-electron chi connectivity index (χ4n) is 4.78. The highest BCUT2D eigenvalue weighted by Crippen LogP contribution is 2.44. The summed E-state index contributed by atoms with van der Waals surface area (Å²) in [6.45, 7) is 0.176. The number of fused-ring (bicyclic) bond motifs is 3. The molecule has 1 aliphatic carbocycles. The third kappa shape index (κ3) is 5.03. The minimum Gasteiger partial charge on any atom is -0.481 e. The van der Waals surface area contributed by atoms with Gasteiger partial charge in [-0.25, -0.2) is 13.6 Å². The fourth-order valence-corrected chi connectivity index (χ4v) is 4.78. The van der Waals surface area contributed by atoms with E-state index in [0.717, 1.165) is 22.3 Å². The van der Waals surface area contributed by atoms with Gasteiger partial charge in [0.05, 0.1) is 5.92 Å². The van der Waals surface area contributed by atoms with Crippen molar-refractivity contribution in [2.75, 3.05) is 19.7 Å². The second-order valence-electron chi connectivity index (χ2n) is 8.61. The Morgan fingerprint density at radius 2 is 1.68 bits per heavy atom. The van der Waals surface area contributed by atoms with E-state index in [0.29, 0.717) is 12.8 Å². The van der Waals surface area contributed by atoms with E-state index in [9.17, 15) is 28.3 Å². The SMILES string of the molecule is O=C(NC(CC(F)F)C(=O)N1CCCC(C(=O)O)C1)OCC1c2ccccc2-c2ccccc21. The molecule has 0 bridgehead atoms. The predicted molar refractivity (Wildman–Crippen MR) is 120 cm³/mol. The van der Waals surface area contributed by atoms with Crippen molar-refractivity contribution >= 4 is 18.0 Å². The van der Waals surface area contributed by atoms with Crippen molar-refractivity contribution in [3.05, 3.63) is 59.7 Å². The third-order valence-corrected chi connectivity index (χ3v) is 6.43. The molecule has 9 heteroatoms. The van der Waals surface area contributed by atoms with Gasteiger partial charge in [0.25, 0.3) is 0 Å². The van der Waals surface area contributed by atoms with E-state index in [1.54, 1.807) is 0 Å². The normalized spacial score (nSPS) is 18.2. The number of carboxylic acid groups (broad SMARTS) is 1. The van der Waals surface area contributed by atoms with Crippen LogP contribution in [0.1, 0.15) is 36.3 Å². The van der Waals surface area contributed by atoms with Crippen LogP contribution >= 0.6 is 0 Å². The first-order valence-electron chi connectivity index (χ1n) is 11.3. The van der Waals surface area contributed by atoms with Gasteiger partial charge in [0.15, 0.2) is 0 Å². The number of carbonyl (C=O) groups is 3. The van der Waals surface area contributed by atoms with Gasteiger partial charge >= 0.3 is 12.1 Å². The molecule has 34 heavy (non-hydrogen) atoms. The summed E-state index contributed by atoms with van der Waals surface area (Å²) in [6.07, 6.45) is -3.80. The lowest BCUT2D eigenvalue weighted by Crippen LogP contribution is -2.52. The number of alkyl halides is 2. The number of ether oxygens (including phenoxy) is 1. The molecule has 0 radical (unpaired) electrons. The van der Waals surface area contributed by atoms with Gasteiger partial charge < -0.3 is 20.1 Å². The van der Waals surface area contributed by atoms with Gasteiger partial charge in [0, 0.05) is 25.4 Å². The van der Waals surface area contributed by atoms with Crippen LogP contribution in [0.2, 0.25) is 0 Å². The molecule has 0 spiro atoms. The molecule has 2 N–H and O–H groups in total. The first-order chi connectivity index (χ1) is 16.3. The third-order valence-electron chi connectivity index (χ3n) is 6.43. The molecule has 1 saturated heterocycles. The highest BCUT2D eigenvalue weighted by molar-refractivity contribution is 5.86. The molecule has 2 aliphatic rings. The first kappa shape index (κ1) is 23.7. The lowest BCUT2D eigenvalue weighted by Gasteiger charge is -2.33. The number of benzene rings is 2. The molecule has 1 fully saturated rings. The number of nitrogens with one attached hydrogen (secondary N) is 1. The van der Waals surface area contributed by atoms with Crippen LogP contribution in [-0.4, -0.2) is 60.1 Å². The smallest absolute Gasteiger partial charge is 0.407 e. The molecule has 1 heterocycles. The van der Waals surface area contributed by atoms with Crippen molar-refractivity contribution in [3.8, 4) is 11.1 Å². The van der Waals surface area contributed by atoms with Gasteiger partial charge in [-0.1, -0.05) is 48.5 Å². The molecule has 2 unspecified atom stereocenters. The van der Waals surface area contributed by atoms with Gasteiger partial charge in [0.1, 0.15) is 12.6 Å². The zero-order valence-corrected chi connectivity index (χ0v) is 18.5. The van der Waals surface area contributed by atoms with E-state index in [-0.39, 0.29) is 25.6 Å². The van der Waals surface area contributed by atoms with Gasteiger partial charge in [-0.2, -0.15) is 0 Å². The molecule has 2 atom stereocenters. The van der Waals surface area contributed by atoms with Gasteiger partial charge in [-0.3, -0.25) is 9.59 Å². The van der Waals surface area contributed by atoms with Crippen molar-refractivity contribution in [2.24, 2.45) is 5.92 Å². The van der Waals surface area contributed by atoms with Crippen LogP contribution in [0.5, 0.6) is 0 Å². The summed E-state index contributed by atoms with van der Waals surface area (Å²) in [4.78, 5) is 37.9. The number of carbonyl (C=O) groups excluding carboxylic acids is 2. The largest absolute Gasteiger partial charge is 0.481 e. The zero-order valence-electron chi connectivity index (χ0n) is 18.5. The van der Waals surface area contributed by atoms with E-state index < -0.39 is 42.8 Å². The predicted octanol–water partition coefficient (Wildman–Crippen LogP) is 3.87. The maximum Gasteiger partial charge on any atom is 0.407 e. The highest BCUT2D eigenvalue weighted by atomic mass is 19.3. The topological polar surface area (TPSA) is 95.9 Å². The average molecular weight is 472 g/mol. The van der Waals surface area contributed by atoms with Crippen LogP contribution < -0.4 is 5.32 Å². The van der Waals surface area contributed by atoms with Crippen LogP contribution in [0.25, 0.3) is 11.1 Å². The fraction of sp³-hybridized carbons (Fsp3) is 0.400. The molecule has 180 valence electrons. The number of hydrogen-bond donors (Lipinski definition) is 2. The van der Waals surface area contributed by atoms with Crippen molar-refractivity contribution in [1.82, 2.24) is 10.2 Å². The molecule has 4 rings (SSSR count). The van der Waals surface area contributed by atoms with Crippen molar-refractivity contribution in [2.45, 2.75) is 37.6 Å². The van der Waals surface area contributed by atoms with Crippen LogP contribution in [0, 0.1) is 5.92 Å². The summed E-state index contributed by atoms with van der Waals surface area (Å²) < 4.78 is 31.7. The van der Waals surface area contributed by atoms with E-state index in [2.05, 4.69) is 5.32 Å². The van der Waals surface area contributed by atoms with Crippen molar-refractivity contribution in [1.29, 1.82) is 0 Å². The molecule has 7 nitrogen and oxygen atoms in total. The van der Waals surface area contributed by atoms with Crippen molar-refractivity contribution < 1.29 is 33.0 Å². The molecular formula is C25H26F2N2O5. The van der Waals surface area contributed by atoms with E-state index in [1.165, 1.54) is 4.90 Å². The monoisotopic (exact) mass is 472 g/mol. The lowest BCUT2D eigenvalue weighted by molar-refractivity contribution is -0.146. The number of hydrogen-bond acceptors (Lipinski definition) is 4. The first-order valence-corrected chi connectivity index (χ1v) is 11.3. The Kier molecular flexibility index (Phi) is 7.09. The Balaban J connectivity index is 1.42. The Labute approximate surface area is 195 Å². The number of alkyl carbamates (subject to hydrolysis) is 1. The summed E-state index contributed by atoms with van der Waals surface area (Å²) in [5.41, 5.74) is 4.11. The van der Waals surface area contributed by atoms with Crippen LogP contribution in [-0.2, 0) is 14.3 Å². The van der Waals surface area contributed by atoms with Gasteiger partial charge in [-0.15, -0.1) is 0 Å². The summed E-state index contributed by atoms with van der Waals surface area (Å²) in [5, 5.41) is 11.5. The molecule has 2 amide bonds. The molecule has 1 aliphatic heterocycles. The standard InChI is InChI=1S/C25H26F2N2O5/c26-22(27)12-21(23(30)29-11-5-6-15(13-29)24(31)32)28-25(33)34-14-20-18-9-3-1-7-16(18)17-8-2-4-10-19(17)20/h1-4,7-10,15,20-22H,5-6,11-14H2,(H,28,33)(H,31,32). The molecule has 0 aromatic heterocycles. The second-order valence-corrected chi connectivity index (χ2v) is 8.61. The Morgan fingerprint density at radius 3 is 2.26 bits per heavy atom. The van der Waals surface area contributed by atoms with Crippen LogP contribution in [0.4, 0.5) is 13.6 Å². The number of piperidine rings is 1. The summed E-state index contributed by atoms with van der Waals surface area (Å²) in [5.74, 6) is -2.72. The van der Waals surface area contributed by atoms with Crippen molar-refractivity contribution in [3.63, 3.8) is 0 Å². The molecule has 2 aromatic carbocycles. The minimum atomic E-state index is -2.83. The maximum absolute atomic E-state index is 13.2. The second kappa shape index (κ2) is 10.2. The maximum atomic E-state index is 13.2. The summed E-state index contributed by atoms with van der Waals surface area (Å²) >= 11 is 0. The Morgan fingerprint density at radius 1 is 1.06 bits per heavy atom. The Bertz CT molecular complexity index is 1030. The molecule has 2 aromatic rings. The number of halogens is 2. The number of amides is 2. The molecular weight excluding hydrogens is 446 g/mol. The lowest BCUT2D eigenvalue weighted by atomic mass is 9.97. The summed E-state index contributed by atoms with van der Waals surface area (Å²) in [7, 11) is 0. The zero-order chi connectivity index (χ0) is 24.2. The van der Waals surface area contributed by atoms with Crippen LogP contribution in [0.3, 0.4) is 0 Å². The minimum absolute atomic E-state index is 0.0136. The van der Waals surface area contributed by atoms with Gasteiger partial charge in [-0.05, 0) is 35.1 Å². The van der Waals surface area contributed by atoms with E-state index in [1.807, 2.05) is 48.5 Å². The van der Waals surface area contributed by atoms with E-state index >= 15 is 0 Å². The highest BCUT2D eigenvalue weighted by Gasteiger charge is 2.35. The van der Waals surface area contributed by atoms with Gasteiger partial charge in [0.2, 0.25) is 12.3 Å². The number of carboxylic acids is 1. The Hall–Kier alpha value is -3.49. The summed E-state index contributed by atoms with van der Waals surface area (Å²) in [6, 6.07) is 14.1.